The summed E-state index contributed by atoms with van der Waals surface area (Å²) in [6, 6.07) is 1.17. The van der Waals surface area contributed by atoms with Gasteiger partial charge >= 0.3 is 5.97 Å². The van der Waals surface area contributed by atoms with Gasteiger partial charge in [-0.2, -0.15) is 0 Å². The Kier molecular flexibility index (Phi) is 3.21. The SMILES string of the molecule is O=C(O)c1c[nH]c2c(F)c(CNC3CC3)c(F)cc2c1=O. The van der Waals surface area contributed by atoms with E-state index in [9.17, 15) is 18.4 Å². The highest BCUT2D eigenvalue weighted by Gasteiger charge is 2.23. The highest BCUT2D eigenvalue weighted by molar-refractivity contribution is 5.92. The average Bonchev–Trinajstić information content (AvgIpc) is 3.23. The highest BCUT2D eigenvalue weighted by Crippen LogP contribution is 2.23. The number of carboxylic acid groups (broad SMARTS) is 1. The van der Waals surface area contributed by atoms with Crippen LogP contribution in [0.1, 0.15) is 28.8 Å². The number of pyridine rings is 1. The summed E-state index contributed by atoms with van der Waals surface area (Å²) < 4.78 is 28.3. The number of nitrogens with one attached hydrogen (secondary N) is 2. The standard InChI is InChI=1S/C14H12F2N2O3/c15-10-3-7-12(18-5-9(13(7)19)14(20)21)11(16)8(10)4-17-6-1-2-6/h3,5-6,17H,1-2,4H2,(H,18,19)(H,20,21). The molecule has 3 N–H and O–H groups in total. The molecule has 0 atom stereocenters. The molecular weight excluding hydrogens is 282 g/mol. The van der Waals surface area contributed by atoms with Gasteiger partial charge in [0.05, 0.1) is 10.9 Å². The number of halogens is 2. The quantitative estimate of drug-likeness (QED) is 0.802. The monoisotopic (exact) mass is 294 g/mol. The van der Waals surface area contributed by atoms with E-state index in [1.54, 1.807) is 0 Å². The molecule has 1 aliphatic rings. The third kappa shape index (κ3) is 2.40. The van der Waals surface area contributed by atoms with Crippen LogP contribution < -0.4 is 10.7 Å². The summed E-state index contributed by atoms with van der Waals surface area (Å²) in [4.78, 5) is 25.2. The summed E-state index contributed by atoms with van der Waals surface area (Å²) in [6.45, 7) is 0.0288. The number of benzene rings is 1. The fourth-order valence-electron chi connectivity index (χ4n) is 2.19. The van der Waals surface area contributed by atoms with Crippen molar-refractivity contribution in [3.05, 3.63) is 45.2 Å². The molecule has 0 spiro atoms. The van der Waals surface area contributed by atoms with Gasteiger partial charge in [0.15, 0.2) is 5.82 Å². The number of hydrogen-bond donors (Lipinski definition) is 3. The molecule has 3 rings (SSSR count). The first kappa shape index (κ1) is 13.7. The van der Waals surface area contributed by atoms with Crippen molar-refractivity contribution < 1.29 is 18.7 Å². The average molecular weight is 294 g/mol. The second-order valence-electron chi connectivity index (χ2n) is 5.07. The third-order valence-electron chi connectivity index (χ3n) is 3.54. The number of rotatable bonds is 4. The number of aromatic carboxylic acids is 1. The number of carbonyl (C=O) groups is 1. The van der Waals surface area contributed by atoms with E-state index in [4.69, 9.17) is 5.11 Å². The summed E-state index contributed by atoms with van der Waals surface area (Å²) in [5, 5.41) is 11.5. The Morgan fingerprint density at radius 1 is 1.43 bits per heavy atom. The lowest BCUT2D eigenvalue weighted by Crippen LogP contribution is -2.20. The van der Waals surface area contributed by atoms with E-state index in [0.717, 1.165) is 25.1 Å². The molecule has 1 fully saturated rings. The van der Waals surface area contributed by atoms with Crippen molar-refractivity contribution in [3.63, 3.8) is 0 Å². The molecule has 7 heteroatoms. The first-order valence-electron chi connectivity index (χ1n) is 6.48. The zero-order chi connectivity index (χ0) is 15.1. The molecule has 0 aliphatic heterocycles. The van der Waals surface area contributed by atoms with Crippen LogP contribution in [-0.4, -0.2) is 22.1 Å². The molecule has 1 heterocycles. The molecule has 110 valence electrons. The van der Waals surface area contributed by atoms with Crippen molar-refractivity contribution in [1.82, 2.24) is 10.3 Å². The normalized spacial score (nSPS) is 14.6. The summed E-state index contributed by atoms with van der Waals surface area (Å²) in [7, 11) is 0. The van der Waals surface area contributed by atoms with Crippen molar-refractivity contribution in [2.24, 2.45) is 0 Å². The van der Waals surface area contributed by atoms with Crippen molar-refractivity contribution in [1.29, 1.82) is 0 Å². The molecule has 21 heavy (non-hydrogen) atoms. The fourth-order valence-corrected chi connectivity index (χ4v) is 2.19. The van der Waals surface area contributed by atoms with E-state index in [-0.39, 0.29) is 29.1 Å². The summed E-state index contributed by atoms with van der Waals surface area (Å²) >= 11 is 0. The van der Waals surface area contributed by atoms with E-state index in [2.05, 4.69) is 10.3 Å². The summed E-state index contributed by atoms with van der Waals surface area (Å²) in [5.41, 5.74) is -1.80. The van der Waals surface area contributed by atoms with Crippen LogP contribution in [0.15, 0.2) is 17.1 Å². The van der Waals surface area contributed by atoms with Crippen molar-refractivity contribution >= 4 is 16.9 Å². The molecule has 1 aromatic heterocycles. The lowest BCUT2D eigenvalue weighted by atomic mass is 10.1. The Bertz CT molecular complexity index is 797. The maximum atomic E-state index is 14.3. The van der Waals surface area contributed by atoms with E-state index in [1.807, 2.05) is 0 Å². The zero-order valence-corrected chi connectivity index (χ0v) is 10.9. The molecule has 0 saturated heterocycles. The van der Waals surface area contributed by atoms with Crippen molar-refractivity contribution in [2.45, 2.75) is 25.4 Å². The maximum Gasteiger partial charge on any atom is 0.341 e. The zero-order valence-electron chi connectivity index (χ0n) is 10.9. The molecule has 1 aromatic carbocycles. The lowest BCUT2D eigenvalue weighted by Gasteiger charge is -2.09. The Labute approximate surface area is 117 Å². The Hall–Kier alpha value is -2.28. The van der Waals surface area contributed by atoms with Crippen LogP contribution in [-0.2, 0) is 6.54 Å². The first-order valence-corrected chi connectivity index (χ1v) is 6.48. The van der Waals surface area contributed by atoms with Gasteiger partial charge in [0.25, 0.3) is 0 Å². The molecular formula is C14H12F2N2O3. The number of fused-ring (bicyclic) bond motifs is 1. The van der Waals surface area contributed by atoms with E-state index in [1.165, 1.54) is 0 Å². The van der Waals surface area contributed by atoms with E-state index < -0.39 is 28.6 Å². The van der Waals surface area contributed by atoms with Gasteiger partial charge in [-0.05, 0) is 18.9 Å². The number of carboxylic acids is 1. The molecule has 0 bridgehead atoms. The van der Waals surface area contributed by atoms with E-state index >= 15 is 0 Å². The van der Waals surface area contributed by atoms with Gasteiger partial charge in [-0.25, -0.2) is 13.6 Å². The van der Waals surface area contributed by atoms with Crippen LogP contribution in [0.4, 0.5) is 8.78 Å². The van der Waals surface area contributed by atoms with E-state index in [0.29, 0.717) is 0 Å². The summed E-state index contributed by atoms with van der Waals surface area (Å²) in [5.74, 6) is -3.17. The Balaban J connectivity index is 2.14. The van der Waals surface area contributed by atoms with Crippen molar-refractivity contribution in [3.8, 4) is 0 Å². The molecule has 0 amide bonds. The van der Waals surface area contributed by atoms with Crippen LogP contribution in [0.25, 0.3) is 10.9 Å². The number of hydrogen-bond acceptors (Lipinski definition) is 3. The number of aromatic amines is 1. The lowest BCUT2D eigenvalue weighted by molar-refractivity contribution is 0.0695. The van der Waals surface area contributed by atoms with Gasteiger partial charge in [0, 0.05) is 24.3 Å². The topological polar surface area (TPSA) is 82.2 Å². The molecule has 0 unspecified atom stereocenters. The molecule has 2 aromatic rings. The van der Waals surface area contributed by atoms with Gasteiger partial charge in [-0.3, -0.25) is 4.79 Å². The van der Waals surface area contributed by atoms with Crippen LogP contribution in [0.3, 0.4) is 0 Å². The van der Waals surface area contributed by atoms with Gasteiger partial charge in [-0.1, -0.05) is 0 Å². The first-order chi connectivity index (χ1) is 9.99. The predicted octanol–water partition coefficient (Wildman–Crippen LogP) is 1.76. The van der Waals surface area contributed by atoms with Crippen LogP contribution in [0.5, 0.6) is 0 Å². The maximum absolute atomic E-state index is 14.3. The third-order valence-corrected chi connectivity index (χ3v) is 3.54. The second kappa shape index (κ2) is 4.92. The van der Waals surface area contributed by atoms with Gasteiger partial charge < -0.3 is 15.4 Å². The largest absolute Gasteiger partial charge is 0.477 e. The molecule has 1 saturated carbocycles. The van der Waals surface area contributed by atoms with Gasteiger partial charge in [0.2, 0.25) is 5.43 Å². The second-order valence-corrected chi connectivity index (χ2v) is 5.07. The highest BCUT2D eigenvalue weighted by atomic mass is 19.1. The van der Waals surface area contributed by atoms with Crippen molar-refractivity contribution in [2.75, 3.05) is 0 Å². The fraction of sp³-hybridized carbons (Fsp3) is 0.286. The number of aromatic nitrogens is 1. The molecule has 0 radical (unpaired) electrons. The number of H-pyrrole nitrogens is 1. The smallest absolute Gasteiger partial charge is 0.341 e. The van der Waals surface area contributed by atoms with Crippen LogP contribution in [0, 0.1) is 11.6 Å². The summed E-state index contributed by atoms with van der Waals surface area (Å²) in [6.07, 6.45) is 2.89. The van der Waals surface area contributed by atoms with Crippen LogP contribution in [0.2, 0.25) is 0 Å². The van der Waals surface area contributed by atoms with Gasteiger partial charge in [0.1, 0.15) is 11.4 Å². The molecule has 5 nitrogen and oxygen atoms in total. The van der Waals surface area contributed by atoms with Crippen LogP contribution >= 0.6 is 0 Å². The Morgan fingerprint density at radius 3 is 2.76 bits per heavy atom. The minimum atomic E-state index is -1.45. The minimum absolute atomic E-state index is 0.0288. The predicted molar refractivity (Wildman–Crippen MR) is 71.3 cm³/mol. The minimum Gasteiger partial charge on any atom is -0.477 e. The Morgan fingerprint density at radius 2 is 2.14 bits per heavy atom. The molecule has 1 aliphatic carbocycles. The van der Waals surface area contributed by atoms with Gasteiger partial charge in [-0.15, -0.1) is 0 Å².